The summed E-state index contributed by atoms with van der Waals surface area (Å²) in [6, 6.07) is 14.0. The lowest BCUT2D eigenvalue weighted by atomic mass is 10.1. The van der Waals surface area contributed by atoms with Crippen LogP contribution in [0.25, 0.3) is 0 Å². The molecule has 28 heavy (non-hydrogen) atoms. The first-order chi connectivity index (χ1) is 13.6. The molecule has 1 aliphatic heterocycles. The zero-order chi connectivity index (χ0) is 19.9. The maximum atomic E-state index is 13.2. The van der Waals surface area contributed by atoms with E-state index >= 15 is 0 Å². The third kappa shape index (κ3) is 4.43. The maximum Gasteiger partial charge on any atom is 0.337 e. The van der Waals surface area contributed by atoms with Crippen LogP contribution in [0.4, 0.5) is 0 Å². The predicted octanol–water partition coefficient (Wildman–Crippen LogP) is 2.46. The first kappa shape index (κ1) is 19.7. The Bertz CT molecular complexity index is 817. The molecule has 7 heteroatoms. The average molecular weight is 385 g/mol. The summed E-state index contributed by atoms with van der Waals surface area (Å²) in [5.41, 5.74) is 1.07. The van der Waals surface area contributed by atoms with Gasteiger partial charge in [0.15, 0.2) is 11.5 Å². The van der Waals surface area contributed by atoms with Crippen LogP contribution in [-0.2, 0) is 14.3 Å². The minimum Gasteiger partial charge on any atom is -0.493 e. The van der Waals surface area contributed by atoms with E-state index in [9.17, 15) is 9.59 Å². The van der Waals surface area contributed by atoms with Gasteiger partial charge in [-0.2, -0.15) is 0 Å². The van der Waals surface area contributed by atoms with E-state index in [0.717, 1.165) is 5.56 Å². The second-order valence-corrected chi connectivity index (χ2v) is 6.20. The van der Waals surface area contributed by atoms with Gasteiger partial charge < -0.3 is 23.8 Å². The lowest BCUT2D eigenvalue weighted by Gasteiger charge is -2.31. The molecule has 0 N–H and O–H groups in total. The lowest BCUT2D eigenvalue weighted by molar-refractivity contribution is -0.143. The number of nitrogens with zero attached hydrogens (tertiary/aromatic N) is 1. The number of morpholine rings is 1. The van der Waals surface area contributed by atoms with Crippen LogP contribution in [0.1, 0.15) is 22.0 Å². The minimum atomic E-state index is -0.836. The van der Waals surface area contributed by atoms with Crippen molar-refractivity contribution in [3.8, 4) is 11.5 Å². The molecule has 2 aromatic rings. The number of carbonyl (C=O) groups excluding carboxylic acids is 2. The molecule has 0 spiro atoms. The molecule has 1 fully saturated rings. The number of methoxy groups -OCH3 is 2. The van der Waals surface area contributed by atoms with E-state index in [-0.39, 0.29) is 5.91 Å². The highest BCUT2D eigenvalue weighted by Crippen LogP contribution is 2.33. The van der Waals surface area contributed by atoms with E-state index in [0.29, 0.717) is 43.4 Å². The third-order valence-electron chi connectivity index (χ3n) is 4.48. The highest BCUT2D eigenvalue weighted by Gasteiger charge is 2.30. The zero-order valence-electron chi connectivity index (χ0n) is 15.9. The molecule has 7 nitrogen and oxygen atoms in total. The van der Waals surface area contributed by atoms with Gasteiger partial charge in [-0.05, 0) is 18.2 Å². The molecule has 0 aliphatic carbocycles. The number of carbonyl (C=O) groups is 2. The molecule has 0 saturated carbocycles. The highest BCUT2D eigenvalue weighted by molar-refractivity contribution is 5.90. The van der Waals surface area contributed by atoms with E-state index in [2.05, 4.69) is 0 Å². The molecule has 0 radical (unpaired) electrons. The zero-order valence-corrected chi connectivity index (χ0v) is 15.9. The monoisotopic (exact) mass is 385 g/mol. The Balaban J connectivity index is 1.91. The SMILES string of the molecule is COC(=O)c1ccc(O[C@H](C(=O)N2CCOCC2)c2ccccc2)c(OC)c1. The van der Waals surface area contributed by atoms with E-state index in [4.69, 9.17) is 18.9 Å². The van der Waals surface area contributed by atoms with Crippen LogP contribution >= 0.6 is 0 Å². The van der Waals surface area contributed by atoms with Crippen molar-refractivity contribution in [2.24, 2.45) is 0 Å². The number of rotatable bonds is 6. The molecule has 1 aliphatic rings. The van der Waals surface area contributed by atoms with E-state index < -0.39 is 12.1 Å². The first-order valence-electron chi connectivity index (χ1n) is 8.98. The van der Waals surface area contributed by atoms with Crippen LogP contribution in [0, 0.1) is 0 Å². The van der Waals surface area contributed by atoms with Crippen molar-refractivity contribution in [3.63, 3.8) is 0 Å². The molecule has 1 heterocycles. The van der Waals surface area contributed by atoms with Gasteiger partial charge in [0.1, 0.15) is 0 Å². The number of benzene rings is 2. The van der Waals surface area contributed by atoms with Crippen molar-refractivity contribution in [2.45, 2.75) is 6.10 Å². The van der Waals surface area contributed by atoms with Crippen molar-refractivity contribution < 1.29 is 28.5 Å². The van der Waals surface area contributed by atoms with E-state index in [1.54, 1.807) is 17.0 Å². The Labute approximate surface area is 163 Å². The molecule has 2 aromatic carbocycles. The van der Waals surface area contributed by atoms with E-state index in [1.807, 2.05) is 30.3 Å². The van der Waals surface area contributed by atoms with Crippen molar-refractivity contribution in [1.82, 2.24) is 4.90 Å². The summed E-state index contributed by atoms with van der Waals surface area (Å²) in [6.07, 6.45) is -0.836. The number of ether oxygens (including phenoxy) is 4. The Morgan fingerprint density at radius 1 is 1.00 bits per heavy atom. The Hall–Kier alpha value is -3.06. The molecular weight excluding hydrogens is 362 g/mol. The van der Waals surface area contributed by atoms with Crippen molar-refractivity contribution in [2.75, 3.05) is 40.5 Å². The van der Waals surface area contributed by atoms with Crippen molar-refractivity contribution >= 4 is 11.9 Å². The molecule has 1 amide bonds. The summed E-state index contributed by atoms with van der Waals surface area (Å²) < 4.78 is 21.5. The number of esters is 1. The van der Waals surface area contributed by atoms with Gasteiger partial charge in [0.25, 0.3) is 5.91 Å². The van der Waals surface area contributed by atoms with Crippen LogP contribution in [0.15, 0.2) is 48.5 Å². The molecule has 148 valence electrons. The fraction of sp³-hybridized carbons (Fsp3) is 0.333. The fourth-order valence-electron chi connectivity index (χ4n) is 2.98. The maximum absolute atomic E-state index is 13.2. The number of amides is 1. The third-order valence-corrected chi connectivity index (χ3v) is 4.48. The highest BCUT2D eigenvalue weighted by atomic mass is 16.5. The second kappa shape index (κ2) is 9.23. The van der Waals surface area contributed by atoms with Crippen LogP contribution in [0.2, 0.25) is 0 Å². The van der Waals surface area contributed by atoms with Gasteiger partial charge in [0, 0.05) is 18.7 Å². The topological polar surface area (TPSA) is 74.3 Å². The average Bonchev–Trinajstić information content (AvgIpc) is 2.77. The summed E-state index contributed by atoms with van der Waals surface area (Å²) in [4.78, 5) is 26.6. The van der Waals surface area contributed by atoms with Crippen molar-refractivity contribution in [1.29, 1.82) is 0 Å². The summed E-state index contributed by atoms with van der Waals surface area (Å²) in [6.45, 7) is 2.04. The number of hydrogen-bond donors (Lipinski definition) is 0. The van der Waals surface area contributed by atoms with Gasteiger partial charge in [0.2, 0.25) is 6.10 Å². The van der Waals surface area contributed by atoms with Gasteiger partial charge in [-0.3, -0.25) is 4.79 Å². The van der Waals surface area contributed by atoms with E-state index in [1.165, 1.54) is 20.3 Å². The normalized spacial score (nSPS) is 14.9. The molecule has 0 aromatic heterocycles. The second-order valence-electron chi connectivity index (χ2n) is 6.20. The summed E-state index contributed by atoms with van der Waals surface area (Å²) >= 11 is 0. The molecule has 0 unspecified atom stereocenters. The Morgan fingerprint density at radius 3 is 2.36 bits per heavy atom. The van der Waals surface area contributed by atoms with Gasteiger partial charge in [0.05, 0.1) is 33.0 Å². The lowest BCUT2D eigenvalue weighted by Crippen LogP contribution is -2.44. The quantitative estimate of drug-likeness (QED) is 0.711. The molecule has 1 saturated heterocycles. The number of hydrogen-bond acceptors (Lipinski definition) is 6. The summed E-state index contributed by atoms with van der Waals surface area (Å²) in [5, 5.41) is 0. The molecule has 0 bridgehead atoms. The Kier molecular flexibility index (Phi) is 6.49. The fourth-order valence-corrected chi connectivity index (χ4v) is 2.98. The van der Waals surface area contributed by atoms with Crippen LogP contribution in [0.5, 0.6) is 11.5 Å². The molecular formula is C21H23NO6. The van der Waals surface area contributed by atoms with Crippen LogP contribution in [-0.4, -0.2) is 57.3 Å². The van der Waals surface area contributed by atoms with Crippen molar-refractivity contribution in [3.05, 3.63) is 59.7 Å². The summed E-state index contributed by atoms with van der Waals surface area (Å²) in [5.74, 6) is 0.0895. The Morgan fingerprint density at radius 2 is 1.71 bits per heavy atom. The standard InChI is InChI=1S/C21H23NO6/c1-25-18-14-16(21(24)26-2)8-9-17(18)28-19(15-6-4-3-5-7-15)20(23)22-10-12-27-13-11-22/h3-9,14,19H,10-13H2,1-2H3/t19-/m0/s1. The smallest absolute Gasteiger partial charge is 0.337 e. The first-order valence-corrected chi connectivity index (χ1v) is 8.98. The summed E-state index contributed by atoms with van der Waals surface area (Å²) in [7, 11) is 2.79. The van der Waals surface area contributed by atoms with Gasteiger partial charge in [-0.1, -0.05) is 30.3 Å². The van der Waals surface area contributed by atoms with Crippen LogP contribution < -0.4 is 9.47 Å². The van der Waals surface area contributed by atoms with Crippen LogP contribution in [0.3, 0.4) is 0 Å². The van der Waals surface area contributed by atoms with Gasteiger partial charge in [-0.15, -0.1) is 0 Å². The predicted molar refractivity (Wildman–Crippen MR) is 102 cm³/mol. The van der Waals surface area contributed by atoms with Gasteiger partial charge in [-0.25, -0.2) is 4.79 Å². The van der Waals surface area contributed by atoms with Gasteiger partial charge >= 0.3 is 5.97 Å². The molecule has 1 atom stereocenters. The molecule has 3 rings (SSSR count). The minimum absolute atomic E-state index is 0.145. The largest absolute Gasteiger partial charge is 0.493 e.